The highest BCUT2D eigenvalue weighted by Gasteiger charge is 2.26. The molecule has 19 heavy (non-hydrogen) atoms. The van der Waals surface area contributed by atoms with Crippen molar-refractivity contribution < 1.29 is 12.8 Å². The number of sulfonamides is 1. The van der Waals surface area contributed by atoms with Gasteiger partial charge in [0.15, 0.2) is 5.82 Å². The molecule has 0 unspecified atom stereocenters. The van der Waals surface area contributed by atoms with Crippen LogP contribution in [-0.4, -0.2) is 20.4 Å². The molecular formula is C13H13FN2O2S. The third-order valence-corrected chi connectivity index (χ3v) is 4.45. The van der Waals surface area contributed by atoms with Crippen molar-refractivity contribution in [2.75, 3.05) is 11.4 Å². The SMILES string of the molecule is Cc1ccc(N(C)S(=O)(=O)c2ncccc2F)cc1. The van der Waals surface area contributed by atoms with Crippen molar-refractivity contribution in [3.63, 3.8) is 0 Å². The lowest BCUT2D eigenvalue weighted by Crippen LogP contribution is -2.28. The molecule has 0 fully saturated rings. The summed E-state index contributed by atoms with van der Waals surface area (Å²) in [5.41, 5.74) is 1.47. The third-order valence-electron chi connectivity index (χ3n) is 2.73. The molecule has 0 aliphatic rings. The average molecular weight is 280 g/mol. The molecule has 0 radical (unpaired) electrons. The lowest BCUT2D eigenvalue weighted by atomic mass is 10.2. The Morgan fingerprint density at radius 2 is 1.79 bits per heavy atom. The Kier molecular flexibility index (Phi) is 3.53. The highest BCUT2D eigenvalue weighted by molar-refractivity contribution is 7.92. The smallest absolute Gasteiger partial charge is 0.268 e. The number of aromatic nitrogens is 1. The van der Waals surface area contributed by atoms with Crippen molar-refractivity contribution in [2.45, 2.75) is 11.9 Å². The Balaban J connectivity index is 2.45. The van der Waals surface area contributed by atoms with Crippen LogP contribution in [0.2, 0.25) is 0 Å². The monoisotopic (exact) mass is 280 g/mol. The van der Waals surface area contributed by atoms with E-state index in [2.05, 4.69) is 4.98 Å². The van der Waals surface area contributed by atoms with E-state index in [1.807, 2.05) is 6.92 Å². The van der Waals surface area contributed by atoms with Gasteiger partial charge in [-0.2, -0.15) is 8.42 Å². The highest BCUT2D eigenvalue weighted by atomic mass is 32.2. The zero-order chi connectivity index (χ0) is 14.0. The summed E-state index contributed by atoms with van der Waals surface area (Å²) in [4.78, 5) is 3.61. The van der Waals surface area contributed by atoms with Gasteiger partial charge in [-0.3, -0.25) is 4.31 Å². The number of hydrogen-bond donors (Lipinski definition) is 0. The highest BCUT2D eigenvalue weighted by Crippen LogP contribution is 2.22. The van der Waals surface area contributed by atoms with E-state index < -0.39 is 20.9 Å². The predicted octanol–water partition coefficient (Wildman–Crippen LogP) is 2.35. The van der Waals surface area contributed by atoms with E-state index in [0.29, 0.717) is 5.69 Å². The number of pyridine rings is 1. The lowest BCUT2D eigenvalue weighted by molar-refractivity contribution is 0.552. The van der Waals surface area contributed by atoms with Gasteiger partial charge >= 0.3 is 0 Å². The van der Waals surface area contributed by atoms with Crippen LogP contribution < -0.4 is 4.31 Å². The van der Waals surface area contributed by atoms with Crippen LogP contribution in [-0.2, 0) is 10.0 Å². The van der Waals surface area contributed by atoms with Crippen LogP contribution in [0, 0.1) is 12.7 Å². The molecule has 0 saturated heterocycles. The number of benzene rings is 1. The Morgan fingerprint density at radius 3 is 2.37 bits per heavy atom. The van der Waals surface area contributed by atoms with Crippen molar-refractivity contribution in [3.8, 4) is 0 Å². The number of nitrogens with zero attached hydrogens (tertiary/aromatic N) is 2. The van der Waals surface area contributed by atoms with E-state index >= 15 is 0 Å². The standard InChI is InChI=1S/C13H13FN2O2S/c1-10-5-7-11(8-6-10)16(2)19(17,18)13-12(14)4-3-9-15-13/h3-9H,1-2H3. The van der Waals surface area contributed by atoms with Gasteiger partial charge in [-0.15, -0.1) is 0 Å². The first-order valence-electron chi connectivity index (χ1n) is 5.59. The second-order valence-electron chi connectivity index (χ2n) is 4.10. The van der Waals surface area contributed by atoms with Crippen molar-refractivity contribution in [3.05, 3.63) is 54.0 Å². The normalized spacial score (nSPS) is 11.3. The molecule has 1 aromatic heterocycles. The van der Waals surface area contributed by atoms with Crippen LogP contribution >= 0.6 is 0 Å². The number of rotatable bonds is 3. The molecule has 2 aromatic rings. The van der Waals surface area contributed by atoms with E-state index in [0.717, 1.165) is 15.9 Å². The molecule has 1 heterocycles. The molecule has 0 saturated carbocycles. The Bertz CT molecular complexity index is 684. The molecule has 0 atom stereocenters. The summed E-state index contributed by atoms with van der Waals surface area (Å²) in [6.45, 7) is 1.90. The zero-order valence-corrected chi connectivity index (χ0v) is 11.4. The summed E-state index contributed by atoms with van der Waals surface area (Å²) in [5.74, 6) is -0.860. The number of hydrogen-bond acceptors (Lipinski definition) is 3. The van der Waals surface area contributed by atoms with E-state index in [4.69, 9.17) is 0 Å². The predicted molar refractivity (Wildman–Crippen MR) is 71.0 cm³/mol. The molecule has 0 aliphatic carbocycles. The van der Waals surface area contributed by atoms with Gasteiger partial charge in [-0.25, -0.2) is 9.37 Å². The Hall–Kier alpha value is -1.95. The molecule has 1 aromatic carbocycles. The van der Waals surface area contributed by atoms with E-state index in [1.54, 1.807) is 24.3 Å². The molecule has 4 nitrogen and oxygen atoms in total. The molecule has 0 bridgehead atoms. The molecule has 0 spiro atoms. The van der Waals surface area contributed by atoms with Crippen LogP contribution in [0.5, 0.6) is 0 Å². The maximum atomic E-state index is 13.6. The summed E-state index contributed by atoms with van der Waals surface area (Å²) in [7, 11) is -2.62. The second-order valence-corrected chi connectivity index (χ2v) is 5.98. The fourth-order valence-corrected chi connectivity index (χ4v) is 2.75. The van der Waals surface area contributed by atoms with E-state index in [1.165, 1.54) is 19.3 Å². The molecular weight excluding hydrogens is 267 g/mol. The first-order valence-corrected chi connectivity index (χ1v) is 7.03. The van der Waals surface area contributed by atoms with Crippen molar-refractivity contribution in [1.82, 2.24) is 4.98 Å². The van der Waals surface area contributed by atoms with Crippen molar-refractivity contribution >= 4 is 15.7 Å². The van der Waals surface area contributed by atoms with Gasteiger partial charge in [0.05, 0.1) is 5.69 Å². The lowest BCUT2D eigenvalue weighted by Gasteiger charge is -2.19. The molecule has 0 aliphatic heterocycles. The van der Waals surface area contributed by atoms with E-state index in [-0.39, 0.29) is 0 Å². The van der Waals surface area contributed by atoms with Crippen LogP contribution in [0.15, 0.2) is 47.6 Å². The van der Waals surface area contributed by atoms with Crippen LogP contribution in [0.1, 0.15) is 5.56 Å². The van der Waals surface area contributed by atoms with E-state index in [9.17, 15) is 12.8 Å². The number of aryl methyl sites for hydroxylation is 1. The fourth-order valence-electron chi connectivity index (χ4n) is 1.58. The minimum Gasteiger partial charge on any atom is -0.268 e. The zero-order valence-electron chi connectivity index (χ0n) is 10.5. The Morgan fingerprint density at radius 1 is 1.16 bits per heavy atom. The summed E-state index contributed by atoms with van der Waals surface area (Å²) in [6, 6.07) is 9.32. The molecule has 0 amide bonds. The summed E-state index contributed by atoms with van der Waals surface area (Å²) in [6.07, 6.45) is 1.25. The van der Waals surface area contributed by atoms with Gasteiger partial charge in [-0.1, -0.05) is 17.7 Å². The maximum absolute atomic E-state index is 13.6. The maximum Gasteiger partial charge on any atom is 0.284 e. The molecule has 2 rings (SSSR count). The second kappa shape index (κ2) is 4.97. The van der Waals surface area contributed by atoms with Crippen molar-refractivity contribution in [1.29, 1.82) is 0 Å². The molecule has 100 valence electrons. The van der Waals surface area contributed by atoms with Gasteiger partial charge in [0.2, 0.25) is 5.03 Å². The van der Waals surface area contributed by atoms with Crippen LogP contribution in [0.25, 0.3) is 0 Å². The minimum absolute atomic E-state index is 0.454. The number of halogens is 1. The van der Waals surface area contributed by atoms with Crippen LogP contribution in [0.4, 0.5) is 10.1 Å². The quantitative estimate of drug-likeness (QED) is 0.867. The minimum atomic E-state index is -3.99. The molecule has 0 N–H and O–H groups in total. The average Bonchev–Trinajstić information content (AvgIpc) is 2.39. The first kappa shape index (κ1) is 13.5. The number of anilines is 1. The van der Waals surface area contributed by atoms with Gasteiger partial charge in [0.1, 0.15) is 0 Å². The van der Waals surface area contributed by atoms with Crippen LogP contribution in [0.3, 0.4) is 0 Å². The topological polar surface area (TPSA) is 50.3 Å². The summed E-state index contributed by atoms with van der Waals surface area (Å²) in [5, 5.41) is -0.571. The van der Waals surface area contributed by atoms with Gasteiger partial charge in [0.25, 0.3) is 10.0 Å². The summed E-state index contributed by atoms with van der Waals surface area (Å²) >= 11 is 0. The molecule has 6 heteroatoms. The summed E-state index contributed by atoms with van der Waals surface area (Å²) < 4.78 is 39.1. The van der Waals surface area contributed by atoms with Crippen molar-refractivity contribution in [2.24, 2.45) is 0 Å². The van der Waals surface area contributed by atoms with Gasteiger partial charge < -0.3 is 0 Å². The Labute approximate surface area is 111 Å². The van der Waals surface area contributed by atoms with Gasteiger partial charge in [-0.05, 0) is 31.2 Å². The largest absolute Gasteiger partial charge is 0.284 e. The van der Waals surface area contributed by atoms with Gasteiger partial charge in [0, 0.05) is 13.2 Å². The third kappa shape index (κ3) is 2.58. The fraction of sp³-hybridized carbons (Fsp3) is 0.154. The first-order chi connectivity index (χ1) is 8.93.